The van der Waals surface area contributed by atoms with Crippen LogP contribution in [0.5, 0.6) is 0 Å². The zero-order chi connectivity index (χ0) is 14.4. The molecule has 2 fully saturated rings. The molecule has 3 rings (SSSR count). The van der Waals surface area contributed by atoms with Gasteiger partial charge in [0.15, 0.2) is 0 Å². The first-order valence-corrected chi connectivity index (χ1v) is 7.69. The Hall–Kier alpha value is -1.32. The van der Waals surface area contributed by atoms with E-state index in [9.17, 15) is 14.7 Å². The average Bonchev–Trinajstić information content (AvgIpc) is 3.01. The molecule has 1 amide bonds. The summed E-state index contributed by atoms with van der Waals surface area (Å²) < 4.78 is 0. The Morgan fingerprint density at radius 1 is 1.10 bits per heavy atom. The Labute approximate surface area is 119 Å². The lowest BCUT2D eigenvalue weighted by Crippen LogP contribution is -2.48. The molecular weight excluding hydrogens is 254 g/mol. The van der Waals surface area contributed by atoms with Crippen LogP contribution in [0.4, 0.5) is 0 Å². The summed E-state index contributed by atoms with van der Waals surface area (Å²) in [6.45, 7) is 5.98. The topological polar surface area (TPSA) is 57.6 Å². The molecule has 1 aliphatic heterocycles. The largest absolute Gasteiger partial charge is 0.481 e. The van der Waals surface area contributed by atoms with Crippen LogP contribution in [0.2, 0.25) is 0 Å². The molecule has 6 atom stereocenters. The Kier molecular flexibility index (Phi) is 3.35. The van der Waals surface area contributed by atoms with Gasteiger partial charge in [0.1, 0.15) is 0 Å². The van der Waals surface area contributed by atoms with Gasteiger partial charge >= 0.3 is 5.97 Å². The molecule has 1 heterocycles. The van der Waals surface area contributed by atoms with Gasteiger partial charge in [-0.25, -0.2) is 0 Å². The van der Waals surface area contributed by atoms with Crippen LogP contribution in [0.15, 0.2) is 12.2 Å². The minimum absolute atomic E-state index is 0.0626. The van der Waals surface area contributed by atoms with Crippen LogP contribution in [-0.4, -0.2) is 35.0 Å². The van der Waals surface area contributed by atoms with E-state index in [-0.39, 0.29) is 23.7 Å². The maximum atomic E-state index is 12.8. The fourth-order valence-electron chi connectivity index (χ4n) is 4.17. The molecule has 2 bridgehead atoms. The quantitative estimate of drug-likeness (QED) is 0.786. The molecule has 20 heavy (non-hydrogen) atoms. The van der Waals surface area contributed by atoms with Crippen LogP contribution in [-0.2, 0) is 9.59 Å². The number of carbonyl (C=O) groups excluding carboxylic acids is 1. The number of carbonyl (C=O) groups is 2. The van der Waals surface area contributed by atoms with Crippen molar-refractivity contribution in [1.29, 1.82) is 0 Å². The summed E-state index contributed by atoms with van der Waals surface area (Å²) in [5.41, 5.74) is 0. The summed E-state index contributed by atoms with van der Waals surface area (Å²) in [6.07, 6.45) is 5.92. The SMILES string of the molecule is CC1CCN(C(=O)[C@H]2C3C=CC(C3)[C@H]2C(=O)O)CC1C. The van der Waals surface area contributed by atoms with Crippen LogP contribution in [0.3, 0.4) is 0 Å². The van der Waals surface area contributed by atoms with Crippen molar-refractivity contribution >= 4 is 11.9 Å². The number of hydrogen-bond acceptors (Lipinski definition) is 2. The van der Waals surface area contributed by atoms with Crippen molar-refractivity contribution in [2.75, 3.05) is 13.1 Å². The highest BCUT2D eigenvalue weighted by Crippen LogP contribution is 2.49. The smallest absolute Gasteiger partial charge is 0.307 e. The molecule has 1 N–H and O–H groups in total. The number of allylic oxidation sites excluding steroid dienone is 2. The van der Waals surface area contributed by atoms with Crippen LogP contribution >= 0.6 is 0 Å². The number of nitrogens with zero attached hydrogens (tertiary/aromatic N) is 1. The fraction of sp³-hybridized carbons (Fsp3) is 0.750. The predicted octanol–water partition coefficient (Wildman–Crippen LogP) is 2.01. The van der Waals surface area contributed by atoms with Gasteiger partial charge in [-0.05, 0) is 36.5 Å². The summed E-state index contributed by atoms with van der Waals surface area (Å²) in [5, 5.41) is 9.44. The van der Waals surface area contributed by atoms with Gasteiger partial charge in [-0.1, -0.05) is 26.0 Å². The summed E-state index contributed by atoms with van der Waals surface area (Å²) in [6, 6.07) is 0. The second kappa shape index (κ2) is 4.90. The van der Waals surface area contributed by atoms with E-state index in [2.05, 4.69) is 19.9 Å². The molecule has 0 aromatic rings. The molecule has 1 saturated carbocycles. The van der Waals surface area contributed by atoms with Crippen molar-refractivity contribution in [3.05, 3.63) is 12.2 Å². The normalized spacial score (nSPS) is 43.0. The van der Waals surface area contributed by atoms with Gasteiger partial charge in [-0.2, -0.15) is 0 Å². The van der Waals surface area contributed by atoms with Gasteiger partial charge < -0.3 is 10.0 Å². The Balaban J connectivity index is 1.77. The summed E-state index contributed by atoms with van der Waals surface area (Å²) in [4.78, 5) is 26.2. The number of amides is 1. The number of hydrogen-bond donors (Lipinski definition) is 1. The molecule has 0 radical (unpaired) electrons. The predicted molar refractivity (Wildman–Crippen MR) is 74.9 cm³/mol. The summed E-state index contributed by atoms with van der Waals surface area (Å²) in [5.74, 6) is -0.211. The molecule has 0 aromatic carbocycles. The van der Waals surface area contributed by atoms with E-state index in [1.807, 2.05) is 11.0 Å². The van der Waals surface area contributed by atoms with Crippen molar-refractivity contribution in [2.45, 2.75) is 26.7 Å². The fourth-order valence-corrected chi connectivity index (χ4v) is 4.17. The lowest BCUT2D eigenvalue weighted by molar-refractivity contribution is -0.152. The lowest BCUT2D eigenvalue weighted by Gasteiger charge is -2.38. The standard InChI is InChI=1S/C16H23NO3/c1-9-5-6-17(8-10(9)2)15(18)13-11-3-4-12(7-11)14(13)16(19)20/h3-4,9-14H,5-8H2,1-2H3,(H,19,20)/t9?,10?,11?,12?,13-,14+/m0/s1. The van der Waals surface area contributed by atoms with Gasteiger partial charge in [0.2, 0.25) is 5.91 Å². The highest BCUT2D eigenvalue weighted by Gasteiger charge is 2.52. The average molecular weight is 277 g/mol. The van der Waals surface area contributed by atoms with E-state index in [0.29, 0.717) is 11.8 Å². The van der Waals surface area contributed by atoms with Crippen molar-refractivity contribution < 1.29 is 14.7 Å². The molecule has 1 saturated heterocycles. The van der Waals surface area contributed by atoms with E-state index in [4.69, 9.17) is 0 Å². The molecule has 4 heteroatoms. The molecule has 2 aliphatic carbocycles. The molecule has 3 aliphatic rings. The third kappa shape index (κ3) is 2.05. The maximum Gasteiger partial charge on any atom is 0.307 e. The number of carboxylic acid groups (broad SMARTS) is 1. The van der Waals surface area contributed by atoms with E-state index in [1.165, 1.54) is 0 Å². The Morgan fingerprint density at radius 3 is 2.35 bits per heavy atom. The Morgan fingerprint density at radius 2 is 1.75 bits per heavy atom. The number of fused-ring (bicyclic) bond motifs is 2. The lowest BCUT2D eigenvalue weighted by atomic mass is 9.81. The number of aliphatic carboxylic acids is 1. The third-order valence-corrected chi connectivity index (χ3v) is 5.68. The molecule has 110 valence electrons. The number of carboxylic acids is 1. The first-order chi connectivity index (χ1) is 9.49. The number of piperidine rings is 1. The van der Waals surface area contributed by atoms with Crippen molar-refractivity contribution in [2.24, 2.45) is 35.5 Å². The van der Waals surface area contributed by atoms with Crippen molar-refractivity contribution in [3.63, 3.8) is 0 Å². The van der Waals surface area contributed by atoms with Gasteiger partial charge in [-0.15, -0.1) is 0 Å². The number of likely N-dealkylation sites (tertiary alicyclic amines) is 1. The Bertz CT molecular complexity index is 459. The minimum atomic E-state index is -0.807. The van der Waals surface area contributed by atoms with Crippen LogP contribution < -0.4 is 0 Å². The molecule has 0 aromatic heterocycles. The zero-order valence-electron chi connectivity index (χ0n) is 12.2. The molecule has 4 nitrogen and oxygen atoms in total. The van der Waals surface area contributed by atoms with Crippen molar-refractivity contribution in [3.8, 4) is 0 Å². The molecular formula is C16H23NO3. The highest BCUT2D eigenvalue weighted by atomic mass is 16.4. The van der Waals surface area contributed by atoms with Gasteiger partial charge in [0.25, 0.3) is 0 Å². The summed E-state index contributed by atoms with van der Waals surface area (Å²) >= 11 is 0. The third-order valence-electron chi connectivity index (χ3n) is 5.68. The second-order valence-corrected chi connectivity index (χ2v) is 6.87. The highest BCUT2D eigenvalue weighted by molar-refractivity contribution is 5.87. The zero-order valence-corrected chi connectivity index (χ0v) is 12.2. The van der Waals surface area contributed by atoms with Crippen LogP contribution in [0.25, 0.3) is 0 Å². The molecule has 4 unspecified atom stereocenters. The van der Waals surface area contributed by atoms with E-state index in [0.717, 1.165) is 25.9 Å². The molecule has 0 spiro atoms. The van der Waals surface area contributed by atoms with E-state index < -0.39 is 11.9 Å². The monoisotopic (exact) mass is 277 g/mol. The first kappa shape index (κ1) is 13.7. The van der Waals surface area contributed by atoms with Gasteiger partial charge in [0, 0.05) is 13.1 Å². The minimum Gasteiger partial charge on any atom is -0.481 e. The summed E-state index contributed by atoms with van der Waals surface area (Å²) in [7, 11) is 0. The van der Waals surface area contributed by atoms with E-state index >= 15 is 0 Å². The number of rotatable bonds is 2. The van der Waals surface area contributed by atoms with Crippen molar-refractivity contribution in [1.82, 2.24) is 4.90 Å². The van der Waals surface area contributed by atoms with Crippen LogP contribution in [0, 0.1) is 35.5 Å². The second-order valence-electron chi connectivity index (χ2n) is 6.87. The van der Waals surface area contributed by atoms with E-state index in [1.54, 1.807) is 0 Å². The first-order valence-electron chi connectivity index (χ1n) is 7.69. The maximum absolute atomic E-state index is 12.8. The van der Waals surface area contributed by atoms with Crippen LogP contribution in [0.1, 0.15) is 26.7 Å². The van der Waals surface area contributed by atoms with Gasteiger partial charge in [-0.3, -0.25) is 9.59 Å². The van der Waals surface area contributed by atoms with Gasteiger partial charge in [0.05, 0.1) is 11.8 Å².